The van der Waals surface area contributed by atoms with Gasteiger partial charge >= 0.3 is 0 Å². The minimum Gasteiger partial charge on any atom is -0.103 e. The van der Waals surface area contributed by atoms with Gasteiger partial charge in [-0.15, -0.1) is 15.8 Å². The standard InChI is InChI=1S/C11H26P2/c1-5-9-12(7-3)11-13(8-4)10-6-2/h5-11H2,1-4H3. The van der Waals surface area contributed by atoms with Crippen molar-refractivity contribution < 1.29 is 0 Å². The van der Waals surface area contributed by atoms with E-state index in [2.05, 4.69) is 27.7 Å². The molecule has 13 heavy (non-hydrogen) atoms. The molecule has 2 heteroatoms. The van der Waals surface area contributed by atoms with E-state index >= 15 is 0 Å². The molecule has 0 saturated carbocycles. The Morgan fingerprint density at radius 2 is 1.08 bits per heavy atom. The summed E-state index contributed by atoms with van der Waals surface area (Å²) in [6, 6.07) is 0. The van der Waals surface area contributed by atoms with Crippen molar-refractivity contribution in [2.75, 3.05) is 30.6 Å². The van der Waals surface area contributed by atoms with Crippen molar-refractivity contribution in [1.82, 2.24) is 0 Å². The molecule has 0 heterocycles. The van der Waals surface area contributed by atoms with Gasteiger partial charge in [-0.05, 0) is 30.6 Å². The molecule has 0 aliphatic heterocycles. The summed E-state index contributed by atoms with van der Waals surface area (Å²) in [5.74, 6) is 1.61. The van der Waals surface area contributed by atoms with Crippen LogP contribution in [0.2, 0.25) is 0 Å². The minimum absolute atomic E-state index is 0.414. The molecule has 0 aromatic carbocycles. The molecule has 0 nitrogen and oxygen atoms in total. The second-order valence-electron chi connectivity index (χ2n) is 3.56. The van der Waals surface area contributed by atoms with E-state index in [9.17, 15) is 0 Å². The zero-order valence-electron chi connectivity index (χ0n) is 9.84. The fourth-order valence-electron chi connectivity index (χ4n) is 1.57. The van der Waals surface area contributed by atoms with E-state index in [1.807, 2.05) is 0 Å². The average Bonchev–Trinajstić information content (AvgIpc) is 2.16. The third-order valence-corrected chi connectivity index (χ3v) is 9.52. The Balaban J connectivity index is 3.73. The maximum Gasteiger partial charge on any atom is -0.0121 e. The topological polar surface area (TPSA) is 0 Å². The van der Waals surface area contributed by atoms with Gasteiger partial charge in [-0.1, -0.05) is 40.5 Å². The average molecular weight is 220 g/mol. The minimum atomic E-state index is 0.414. The first-order chi connectivity index (χ1) is 6.28. The first kappa shape index (κ1) is 13.9. The quantitative estimate of drug-likeness (QED) is 0.517. The van der Waals surface area contributed by atoms with Crippen LogP contribution in [0.4, 0.5) is 0 Å². The van der Waals surface area contributed by atoms with Gasteiger partial charge in [-0.25, -0.2) is 0 Å². The van der Waals surface area contributed by atoms with E-state index in [1.165, 1.54) is 37.5 Å². The Morgan fingerprint density at radius 3 is 1.31 bits per heavy atom. The Kier molecular flexibility index (Phi) is 10.0. The molecule has 2 unspecified atom stereocenters. The molecule has 0 fully saturated rings. The molecule has 0 radical (unpaired) electrons. The molecular weight excluding hydrogens is 194 g/mol. The molecule has 80 valence electrons. The van der Waals surface area contributed by atoms with Crippen molar-refractivity contribution in [1.29, 1.82) is 0 Å². The maximum absolute atomic E-state index is 2.39. The van der Waals surface area contributed by atoms with Crippen LogP contribution < -0.4 is 0 Å². The summed E-state index contributed by atoms with van der Waals surface area (Å²) in [5, 5.41) is 0. The highest BCUT2D eigenvalue weighted by molar-refractivity contribution is 7.74. The van der Waals surface area contributed by atoms with Gasteiger partial charge in [0.1, 0.15) is 0 Å². The van der Waals surface area contributed by atoms with E-state index in [-0.39, 0.29) is 0 Å². The molecule has 0 aromatic heterocycles. The molecule has 0 aromatic rings. The summed E-state index contributed by atoms with van der Waals surface area (Å²) in [5.41, 5.74) is 0. The van der Waals surface area contributed by atoms with Crippen molar-refractivity contribution >= 4 is 15.8 Å². The highest BCUT2D eigenvalue weighted by Gasteiger charge is 2.10. The van der Waals surface area contributed by atoms with Crippen molar-refractivity contribution in [2.24, 2.45) is 0 Å². The number of hydrogen-bond acceptors (Lipinski definition) is 0. The summed E-state index contributed by atoms with van der Waals surface area (Å²) in [6.07, 6.45) is 8.78. The van der Waals surface area contributed by atoms with Gasteiger partial charge in [0, 0.05) is 0 Å². The fourth-order valence-corrected chi connectivity index (χ4v) is 8.46. The molecular formula is C11H26P2. The zero-order chi connectivity index (χ0) is 10.1. The van der Waals surface area contributed by atoms with E-state index in [0.717, 1.165) is 0 Å². The summed E-state index contributed by atoms with van der Waals surface area (Å²) >= 11 is 0. The first-order valence-electron chi connectivity index (χ1n) is 5.73. The summed E-state index contributed by atoms with van der Waals surface area (Å²) in [7, 11) is 0.827. The monoisotopic (exact) mass is 220 g/mol. The Morgan fingerprint density at radius 1 is 0.692 bits per heavy atom. The van der Waals surface area contributed by atoms with Gasteiger partial charge in [0.25, 0.3) is 0 Å². The van der Waals surface area contributed by atoms with Gasteiger partial charge in [-0.2, -0.15) is 0 Å². The highest BCUT2D eigenvalue weighted by atomic mass is 31.2. The van der Waals surface area contributed by atoms with Crippen LogP contribution in [0, 0.1) is 0 Å². The zero-order valence-corrected chi connectivity index (χ0v) is 11.6. The van der Waals surface area contributed by atoms with Crippen LogP contribution in [0.3, 0.4) is 0 Å². The summed E-state index contributed by atoms with van der Waals surface area (Å²) in [6.45, 7) is 9.44. The van der Waals surface area contributed by atoms with Crippen molar-refractivity contribution in [3.05, 3.63) is 0 Å². The number of rotatable bonds is 8. The van der Waals surface area contributed by atoms with Crippen LogP contribution >= 0.6 is 15.8 Å². The van der Waals surface area contributed by atoms with Crippen molar-refractivity contribution in [3.8, 4) is 0 Å². The molecule has 0 aliphatic carbocycles. The van der Waals surface area contributed by atoms with Gasteiger partial charge in [0.05, 0.1) is 0 Å². The summed E-state index contributed by atoms with van der Waals surface area (Å²) < 4.78 is 0. The lowest BCUT2D eigenvalue weighted by atomic mass is 10.6. The molecule has 0 aliphatic rings. The van der Waals surface area contributed by atoms with Crippen LogP contribution in [0.5, 0.6) is 0 Å². The molecule has 0 rings (SSSR count). The smallest absolute Gasteiger partial charge is 0.0121 e. The van der Waals surface area contributed by atoms with Crippen molar-refractivity contribution in [2.45, 2.75) is 40.5 Å². The van der Waals surface area contributed by atoms with E-state index in [1.54, 1.807) is 5.90 Å². The number of hydrogen-bond donors (Lipinski definition) is 0. The van der Waals surface area contributed by atoms with Crippen molar-refractivity contribution in [3.63, 3.8) is 0 Å². The van der Waals surface area contributed by atoms with Crippen LogP contribution in [0.1, 0.15) is 40.5 Å². The predicted octanol–water partition coefficient (Wildman–Crippen LogP) is 4.77. The van der Waals surface area contributed by atoms with Gasteiger partial charge in [0.15, 0.2) is 0 Å². The molecule has 0 spiro atoms. The summed E-state index contributed by atoms with van der Waals surface area (Å²) in [4.78, 5) is 0. The largest absolute Gasteiger partial charge is 0.103 e. The maximum atomic E-state index is 2.39. The van der Waals surface area contributed by atoms with Crippen LogP contribution in [0.25, 0.3) is 0 Å². The van der Waals surface area contributed by atoms with Crippen LogP contribution in [0.15, 0.2) is 0 Å². The molecule has 0 saturated heterocycles. The SMILES string of the molecule is CCCP(CC)CP(CC)CCC. The van der Waals surface area contributed by atoms with Gasteiger partial charge in [-0.3, -0.25) is 0 Å². The second kappa shape index (κ2) is 9.42. The van der Waals surface area contributed by atoms with E-state index in [4.69, 9.17) is 0 Å². The lowest BCUT2D eigenvalue weighted by molar-refractivity contribution is 1.08. The molecule has 0 amide bonds. The predicted molar refractivity (Wildman–Crippen MR) is 70.1 cm³/mol. The molecule has 0 N–H and O–H groups in total. The van der Waals surface area contributed by atoms with Gasteiger partial charge < -0.3 is 0 Å². The normalized spacial score (nSPS) is 15.7. The molecule has 2 atom stereocenters. The second-order valence-corrected chi connectivity index (χ2v) is 9.54. The first-order valence-corrected chi connectivity index (χ1v) is 9.52. The Hall–Kier alpha value is 0.860. The van der Waals surface area contributed by atoms with E-state index < -0.39 is 0 Å². The lowest BCUT2D eigenvalue weighted by Gasteiger charge is -2.22. The highest BCUT2D eigenvalue weighted by Crippen LogP contribution is 2.50. The van der Waals surface area contributed by atoms with Crippen LogP contribution in [-0.4, -0.2) is 30.6 Å². The molecule has 0 bridgehead atoms. The van der Waals surface area contributed by atoms with Crippen LogP contribution in [-0.2, 0) is 0 Å². The third kappa shape index (κ3) is 6.87. The fraction of sp³-hybridized carbons (Fsp3) is 1.00. The van der Waals surface area contributed by atoms with Gasteiger partial charge in [0.2, 0.25) is 0 Å². The Labute approximate surface area is 87.4 Å². The lowest BCUT2D eigenvalue weighted by Crippen LogP contribution is -1.95. The third-order valence-electron chi connectivity index (χ3n) is 2.37. The van der Waals surface area contributed by atoms with E-state index in [0.29, 0.717) is 15.8 Å². The Bertz CT molecular complexity index is 92.3.